The molecule has 0 radical (unpaired) electrons. The summed E-state index contributed by atoms with van der Waals surface area (Å²) < 4.78 is 5.41. The Labute approximate surface area is 138 Å². The van der Waals surface area contributed by atoms with Gasteiger partial charge in [0, 0.05) is 26.2 Å². The fraction of sp³-hybridized carbons (Fsp3) is 0.706. The van der Waals surface area contributed by atoms with Gasteiger partial charge in [-0.3, -0.25) is 4.98 Å². The zero-order chi connectivity index (χ0) is 16.9. The topological polar surface area (TPSA) is 58.6 Å². The summed E-state index contributed by atoms with van der Waals surface area (Å²) in [6.07, 6.45) is 6.76. The van der Waals surface area contributed by atoms with Crippen LogP contribution in [0.5, 0.6) is 0 Å². The number of nitrogens with zero attached hydrogens (tertiary/aromatic N) is 4. The second kappa shape index (κ2) is 7.62. The van der Waals surface area contributed by atoms with Gasteiger partial charge in [0.05, 0.1) is 18.1 Å². The van der Waals surface area contributed by atoms with E-state index in [-0.39, 0.29) is 6.09 Å². The molecule has 1 aliphatic heterocycles. The van der Waals surface area contributed by atoms with Gasteiger partial charge in [-0.05, 0) is 33.6 Å². The molecule has 2 rings (SSSR count). The van der Waals surface area contributed by atoms with Crippen molar-refractivity contribution in [1.29, 1.82) is 0 Å². The molecule has 1 fully saturated rings. The lowest BCUT2D eigenvalue weighted by atomic mass is 10.2. The highest BCUT2D eigenvalue weighted by atomic mass is 16.6. The van der Waals surface area contributed by atoms with E-state index in [1.165, 1.54) is 0 Å². The second-order valence-electron chi connectivity index (χ2n) is 6.92. The van der Waals surface area contributed by atoms with Crippen molar-refractivity contribution in [3.8, 4) is 0 Å². The molecule has 1 amide bonds. The molecule has 6 heteroatoms. The molecule has 1 aromatic rings. The molecule has 0 aliphatic carbocycles. The van der Waals surface area contributed by atoms with Gasteiger partial charge in [0.2, 0.25) is 0 Å². The van der Waals surface area contributed by atoms with Crippen molar-refractivity contribution in [2.75, 3.05) is 31.1 Å². The Morgan fingerprint density at radius 2 is 1.87 bits per heavy atom. The highest BCUT2D eigenvalue weighted by Crippen LogP contribution is 2.15. The van der Waals surface area contributed by atoms with Crippen LogP contribution < -0.4 is 4.90 Å². The molecule has 1 saturated heterocycles. The van der Waals surface area contributed by atoms with E-state index >= 15 is 0 Å². The van der Waals surface area contributed by atoms with Crippen LogP contribution in [0.2, 0.25) is 0 Å². The molecule has 0 unspecified atom stereocenters. The Bertz CT molecular complexity index is 502. The van der Waals surface area contributed by atoms with Crippen LogP contribution in [0.3, 0.4) is 0 Å². The molecule has 0 spiro atoms. The van der Waals surface area contributed by atoms with Gasteiger partial charge in [-0.2, -0.15) is 0 Å². The number of aromatic nitrogens is 2. The van der Waals surface area contributed by atoms with Crippen molar-refractivity contribution in [1.82, 2.24) is 14.9 Å². The van der Waals surface area contributed by atoms with E-state index in [0.717, 1.165) is 43.9 Å². The third-order valence-corrected chi connectivity index (χ3v) is 3.73. The van der Waals surface area contributed by atoms with Crippen LogP contribution >= 0.6 is 0 Å². The minimum atomic E-state index is -0.450. The van der Waals surface area contributed by atoms with Crippen LogP contribution in [-0.2, 0) is 11.2 Å². The average Bonchev–Trinajstić information content (AvgIpc) is 2.52. The summed E-state index contributed by atoms with van der Waals surface area (Å²) in [6, 6.07) is 0. The number of hydrogen-bond donors (Lipinski definition) is 0. The molecule has 6 nitrogen and oxygen atoms in total. The fourth-order valence-electron chi connectivity index (χ4n) is 2.44. The molecule has 128 valence electrons. The largest absolute Gasteiger partial charge is 0.444 e. The van der Waals surface area contributed by atoms with Crippen LogP contribution in [-0.4, -0.2) is 52.7 Å². The lowest BCUT2D eigenvalue weighted by Crippen LogP contribution is -2.50. The summed E-state index contributed by atoms with van der Waals surface area (Å²) in [5.74, 6) is 0.883. The number of hydrogen-bond acceptors (Lipinski definition) is 5. The number of carbonyl (C=O) groups is 1. The van der Waals surface area contributed by atoms with Gasteiger partial charge in [-0.15, -0.1) is 0 Å². The fourth-order valence-corrected chi connectivity index (χ4v) is 2.44. The maximum atomic E-state index is 12.1. The lowest BCUT2D eigenvalue weighted by Gasteiger charge is -2.36. The molecule has 0 N–H and O–H groups in total. The molecule has 0 aromatic carbocycles. The van der Waals surface area contributed by atoms with Gasteiger partial charge in [0.1, 0.15) is 11.4 Å². The third-order valence-electron chi connectivity index (χ3n) is 3.73. The Morgan fingerprint density at radius 1 is 1.17 bits per heavy atom. The van der Waals surface area contributed by atoms with Gasteiger partial charge in [0.25, 0.3) is 0 Å². The van der Waals surface area contributed by atoms with E-state index in [9.17, 15) is 4.79 Å². The summed E-state index contributed by atoms with van der Waals surface area (Å²) in [6.45, 7) is 10.6. The minimum absolute atomic E-state index is 0.238. The predicted molar refractivity (Wildman–Crippen MR) is 90.7 cm³/mol. The number of anilines is 1. The van der Waals surface area contributed by atoms with Crippen molar-refractivity contribution in [3.05, 3.63) is 18.1 Å². The number of unbranched alkanes of at least 4 members (excludes halogenated alkanes) is 1. The van der Waals surface area contributed by atoms with Crippen molar-refractivity contribution in [2.45, 2.75) is 52.6 Å². The summed E-state index contributed by atoms with van der Waals surface area (Å²) in [5, 5.41) is 0. The van der Waals surface area contributed by atoms with E-state index in [1.54, 1.807) is 4.90 Å². The standard InChI is InChI=1S/C17H28N4O2/c1-5-6-7-14-12-19-15(13-18-14)20-8-10-21(11-9-20)16(22)23-17(2,3)4/h12-13H,5-11H2,1-4H3. The molecule has 0 atom stereocenters. The van der Waals surface area contributed by atoms with Gasteiger partial charge in [0.15, 0.2) is 0 Å². The Balaban J connectivity index is 1.85. The highest BCUT2D eigenvalue weighted by Gasteiger charge is 2.26. The number of rotatable bonds is 4. The first-order valence-electron chi connectivity index (χ1n) is 8.43. The Morgan fingerprint density at radius 3 is 2.39 bits per heavy atom. The first-order chi connectivity index (χ1) is 10.9. The van der Waals surface area contributed by atoms with Crippen LogP contribution in [0.15, 0.2) is 12.4 Å². The SMILES string of the molecule is CCCCc1cnc(N2CCN(C(=O)OC(C)(C)C)CC2)cn1. The third kappa shape index (κ3) is 5.37. The molecule has 0 saturated carbocycles. The molecular formula is C17H28N4O2. The van der Waals surface area contributed by atoms with Crippen molar-refractivity contribution < 1.29 is 9.53 Å². The smallest absolute Gasteiger partial charge is 0.410 e. The number of amides is 1. The van der Waals surface area contributed by atoms with Crippen LogP contribution in [0.25, 0.3) is 0 Å². The van der Waals surface area contributed by atoms with Gasteiger partial charge < -0.3 is 14.5 Å². The lowest BCUT2D eigenvalue weighted by molar-refractivity contribution is 0.0240. The first-order valence-corrected chi connectivity index (χ1v) is 8.43. The van der Waals surface area contributed by atoms with Crippen LogP contribution in [0.1, 0.15) is 46.2 Å². The number of piperazine rings is 1. The zero-order valence-corrected chi connectivity index (χ0v) is 14.7. The van der Waals surface area contributed by atoms with Crippen LogP contribution in [0, 0.1) is 0 Å². The normalized spacial score (nSPS) is 15.7. The molecular weight excluding hydrogens is 292 g/mol. The Kier molecular flexibility index (Phi) is 5.80. The van der Waals surface area contributed by atoms with Crippen LogP contribution in [0.4, 0.5) is 10.6 Å². The summed E-state index contributed by atoms with van der Waals surface area (Å²) >= 11 is 0. The maximum absolute atomic E-state index is 12.1. The van der Waals surface area contributed by atoms with E-state index in [2.05, 4.69) is 21.8 Å². The monoisotopic (exact) mass is 320 g/mol. The summed E-state index contributed by atoms with van der Waals surface area (Å²) in [4.78, 5) is 25.0. The highest BCUT2D eigenvalue weighted by molar-refractivity contribution is 5.68. The minimum Gasteiger partial charge on any atom is -0.444 e. The van der Waals surface area contributed by atoms with E-state index in [4.69, 9.17) is 4.74 Å². The van der Waals surface area contributed by atoms with Crippen molar-refractivity contribution >= 4 is 11.9 Å². The van der Waals surface area contributed by atoms with E-state index in [1.807, 2.05) is 33.2 Å². The number of ether oxygens (including phenoxy) is 1. The zero-order valence-electron chi connectivity index (χ0n) is 14.7. The average molecular weight is 320 g/mol. The predicted octanol–water partition coefficient (Wildman–Crippen LogP) is 2.88. The number of carbonyl (C=O) groups excluding carboxylic acids is 1. The van der Waals surface area contributed by atoms with Gasteiger partial charge >= 0.3 is 6.09 Å². The summed E-state index contributed by atoms with van der Waals surface area (Å²) in [7, 11) is 0. The number of aryl methyl sites for hydroxylation is 1. The molecule has 1 aromatic heterocycles. The Hall–Kier alpha value is -1.85. The van der Waals surface area contributed by atoms with Crippen molar-refractivity contribution in [2.24, 2.45) is 0 Å². The van der Waals surface area contributed by atoms with Gasteiger partial charge in [-0.25, -0.2) is 9.78 Å². The van der Waals surface area contributed by atoms with E-state index < -0.39 is 5.60 Å². The molecule has 2 heterocycles. The molecule has 0 bridgehead atoms. The quantitative estimate of drug-likeness (QED) is 0.854. The van der Waals surface area contributed by atoms with E-state index in [0.29, 0.717) is 13.1 Å². The summed E-state index contributed by atoms with van der Waals surface area (Å²) in [5.41, 5.74) is 0.594. The first kappa shape index (κ1) is 17.5. The van der Waals surface area contributed by atoms with Crippen molar-refractivity contribution in [3.63, 3.8) is 0 Å². The maximum Gasteiger partial charge on any atom is 0.410 e. The molecule has 23 heavy (non-hydrogen) atoms. The van der Waals surface area contributed by atoms with Gasteiger partial charge in [-0.1, -0.05) is 13.3 Å². The molecule has 1 aliphatic rings. The second-order valence-corrected chi connectivity index (χ2v) is 6.92.